The van der Waals surface area contributed by atoms with Crippen LogP contribution in [0.2, 0.25) is 0 Å². The Labute approximate surface area is 254 Å². The van der Waals surface area contributed by atoms with Gasteiger partial charge in [-0.25, -0.2) is 0 Å². The van der Waals surface area contributed by atoms with E-state index in [1.165, 1.54) is 71.2 Å². The van der Waals surface area contributed by atoms with E-state index in [4.69, 9.17) is 0 Å². The van der Waals surface area contributed by atoms with E-state index < -0.39 is 8.07 Å². The Bertz CT molecular complexity index is 2110. The van der Waals surface area contributed by atoms with Gasteiger partial charge in [0.25, 0.3) is 0 Å². The van der Waals surface area contributed by atoms with E-state index in [1.807, 2.05) is 0 Å². The Morgan fingerprint density at radius 2 is 1.21 bits per heavy atom. The zero-order valence-corrected chi connectivity index (χ0v) is 25.4. The maximum Gasteiger partial charge on any atom is 0.181 e. The molecule has 6 aromatic rings. The quantitative estimate of drug-likeness (QED) is 0.189. The van der Waals surface area contributed by atoms with Crippen molar-refractivity contribution in [3.63, 3.8) is 0 Å². The van der Waals surface area contributed by atoms with E-state index in [-0.39, 0.29) is 5.92 Å². The van der Waals surface area contributed by atoms with Crippen molar-refractivity contribution in [1.29, 1.82) is 0 Å². The van der Waals surface area contributed by atoms with Crippen molar-refractivity contribution in [3.05, 3.63) is 179 Å². The first-order chi connectivity index (χ1) is 21.2. The zero-order valence-electron chi connectivity index (χ0n) is 24.4. The van der Waals surface area contributed by atoms with E-state index in [1.54, 1.807) is 10.4 Å². The van der Waals surface area contributed by atoms with Crippen molar-refractivity contribution in [2.75, 3.05) is 0 Å². The van der Waals surface area contributed by atoms with Crippen molar-refractivity contribution in [3.8, 4) is 11.1 Å². The lowest BCUT2D eigenvalue weighted by atomic mass is 9.84. The van der Waals surface area contributed by atoms with Crippen LogP contribution in [0.3, 0.4) is 0 Å². The second-order valence-corrected chi connectivity index (χ2v) is 16.0. The molecule has 0 fully saturated rings. The summed E-state index contributed by atoms with van der Waals surface area (Å²) >= 11 is 0. The monoisotopic (exact) mass is 563 g/mol. The highest BCUT2D eigenvalue weighted by Gasteiger charge is 2.56. The summed E-state index contributed by atoms with van der Waals surface area (Å²) in [6.45, 7) is 4.70. The fourth-order valence-corrected chi connectivity index (χ4v) is 14.3. The molecule has 2 bridgehead atoms. The Kier molecular flexibility index (Phi) is 5.28. The molecule has 1 aliphatic heterocycles. The summed E-state index contributed by atoms with van der Waals surface area (Å²) in [4.78, 5) is 0. The molecule has 0 spiro atoms. The SMILES string of the molecule is CC1=Cc2c(ccc3ccccc23)C1c1cc2c3c(-c4ccccc4)c1[Si](c1ccccc1)(c1ccccc1)C3=C(C)[CH]2. The highest BCUT2D eigenvalue weighted by molar-refractivity contribution is 7.25. The van der Waals surface area contributed by atoms with Crippen LogP contribution >= 0.6 is 0 Å². The van der Waals surface area contributed by atoms with Gasteiger partial charge in [-0.1, -0.05) is 151 Å². The smallest absolute Gasteiger partial charge is 0.0639 e. The second kappa shape index (κ2) is 9.14. The van der Waals surface area contributed by atoms with Crippen LogP contribution < -0.4 is 15.6 Å². The Morgan fingerprint density at radius 3 is 1.91 bits per heavy atom. The molecule has 1 heteroatoms. The molecular weight excluding hydrogens is 533 g/mol. The number of hydrogen-bond donors (Lipinski definition) is 0. The van der Waals surface area contributed by atoms with E-state index in [9.17, 15) is 0 Å². The number of rotatable bonds is 4. The molecule has 43 heavy (non-hydrogen) atoms. The molecule has 6 aromatic carbocycles. The normalized spacial score (nSPS) is 17.4. The molecule has 203 valence electrons. The molecular formula is C42H31Si. The van der Waals surface area contributed by atoms with Crippen LogP contribution in [0, 0.1) is 6.42 Å². The van der Waals surface area contributed by atoms with Gasteiger partial charge >= 0.3 is 0 Å². The van der Waals surface area contributed by atoms with Crippen LogP contribution in [-0.2, 0) is 0 Å². The summed E-state index contributed by atoms with van der Waals surface area (Å²) in [6.07, 6.45) is 4.94. The standard InChI is InChI=1S/C42H31Si/c1-27-25-36-34-21-13-12-14-29(34)22-23-35(36)38(27)37-26-31-24-28(2)41-40(31)39(30-15-6-3-7-16-30)42(37)43(41,32-17-8-4-9-18-32)33-19-10-5-11-20-33/h3-26,38H,1-2H3. The minimum atomic E-state index is -2.67. The van der Waals surface area contributed by atoms with E-state index >= 15 is 0 Å². The van der Waals surface area contributed by atoms with Gasteiger partial charge in [-0.05, 0) is 84.3 Å². The van der Waals surface area contributed by atoms with Crippen LogP contribution in [0.15, 0.2) is 145 Å². The summed E-state index contributed by atoms with van der Waals surface area (Å²) in [5.41, 5.74) is 12.8. The first-order valence-electron chi connectivity index (χ1n) is 15.3. The molecule has 3 aliphatic rings. The van der Waals surface area contributed by atoms with Gasteiger partial charge < -0.3 is 0 Å². The first kappa shape index (κ1) is 24.8. The Morgan fingerprint density at radius 1 is 0.581 bits per heavy atom. The summed E-state index contributed by atoms with van der Waals surface area (Å²) in [7, 11) is -2.67. The lowest BCUT2D eigenvalue weighted by molar-refractivity contribution is 0.985. The largest absolute Gasteiger partial charge is 0.181 e. The summed E-state index contributed by atoms with van der Waals surface area (Å²) in [6, 6.07) is 50.3. The predicted octanol–water partition coefficient (Wildman–Crippen LogP) is 8.42. The molecule has 0 saturated carbocycles. The van der Waals surface area contributed by atoms with Gasteiger partial charge in [0.2, 0.25) is 0 Å². The number of hydrogen-bond acceptors (Lipinski definition) is 0. The highest BCUT2D eigenvalue weighted by Crippen LogP contribution is 2.54. The molecule has 0 aromatic heterocycles. The first-order valence-corrected chi connectivity index (χ1v) is 17.3. The average molecular weight is 564 g/mol. The third-order valence-corrected chi connectivity index (χ3v) is 15.2. The van der Waals surface area contributed by atoms with Crippen LogP contribution in [0.5, 0.6) is 0 Å². The number of fused-ring (bicyclic) bond motifs is 4. The van der Waals surface area contributed by atoms with Crippen LogP contribution in [0.4, 0.5) is 0 Å². The molecule has 2 aliphatic carbocycles. The molecule has 1 heterocycles. The second-order valence-electron chi connectivity index (χ2n) is 12.3. The van der Waals surface area contributed by atoms with Crippen LogP contribution in [0.1, 0.15) is 47.6 Å². The Balaban J connectivity index is 1.45. The minimum absolute atomic E-state index is 0.218. The third-order valence-electron chi connectivity index (χ3n) is 10.1. The summed E-state index contributed by atoms with van der Waals surface area (Å²) < 4.78 is 0. The van der Waals surface area contributed by atoms with Gasteiger partial charge in [-0.15, -0.1) is 0 Å². The fourth-order valence-electron chi connectivity index (χ4n) is 8.56. The maximum atomic E-state index is 2.57. The van der Waals surface area contributed by atoms with Gasteiger partial charge in [0.05, 0.1) is 0 Å². The van der Waals surface area contributed by atoms with Gasteiger partial charge in [-0.3, -0.25) is 0 Å². The molecule has 9 rings (SSSR count). The molecule has 1 radical (unpaired) electrons. The molecule has 1 unspecified atom stereocenters. The maximum absolute atomic E-state index is 2.67. The lowest BCUT2D eigenvalue weighted by Gasteiger charge is -2.35. The molecule has 0 saturated heterocycles. The average Bonchev–Trinajstić information content (AvgIpc) is 3.66. The van der Waals surface area contributed by atoms with Gasteiger partial charge in [0.1, 0.15) is 0 Å². The zero-order chi connectivity index (χ0) is 28.7. The van der Waals surface area contributed by atoms with E-state index in [0.29, 0.717) is 0 Å². The molecule has 0 amide bonds. The van der Waals surface area contributed by atoms with Crippen LogP contribution in [-0.4, -0.2) is 8.07 Å². The summed E-state index contributed by atoms with van der Waals surface area (Å²) in [5.74, 6) is 0.218. The lowest BCUT2D eigenvalue weighted by Crippen LogP contribution is -2.67. The van der Waals surface area contributed by atoms with Gasteiger partial charge in [0, 0.05) is 12.3 Å². The van der Waals surface area contributed by atoms with Crippen molar-refractivity contribution in [2.24, 2.45) is 0 Å². The topological polar surface area (TPSA) is 0 Å². The molecule has 0 nitrogen and oxygen atoms in total. The Hall–Kier alpha value is -4.72. The van der Waals surface area contributed by atoms with Crippen molar-refractivity contribution >= 4 is 45.7 Å². The van der Waals surface area contributed by atoms with Crippen molar-refractivity contribution in [1.82, 2.24) is 0 Å². The minimum Gasteiger partial charge on any atom is -0.0639 e. The van der Waals surface area contributed by atoms with Crippen molar-refractivity contribution < 1.29 is 0 Å². The number of benzene rings is 6. The van der Waals surface area contributed by atoms with E-state index in [0.717, 1.165) is 0 Å². The highest BCUT2D eigenvalue weighted by atomic mass is 28.3. The van der Waals surface area contributed by atoms with Crippen LogP contribution in [0.25, 0.3) is 33.2 Å². The number of allylic oxidation sites excluding steroid dienone is 2. The van der Waals surface area contributed by atoms with Crippen molar-refractivity contribution in [2.45, 2.75) is 19.8 Å². The molecule has 0 N–H and O–H groups in total. The van der Waals surface area contributed by atoms with Gasteiger partial charge in [0.15, 0.2) is 8.07 Å². The predicted molar refractivity (Wildman–Crippen MR) is 185 cm³/mol. The third kappa shape index (κ3) is 3.26. The fraction of sp³-hybridized carbons (Fsp3) is 0.0714. The van der Waals surface area contributed by atoms with E-state index in [2.05, 4.69) is 160 Å². The van der Waals surface area contributed by atoms with Gasteiger partial charge in [-0.2, -0.15) is 0 Å². The molecule has 1 atom stereocenters. The summed E-state index contributed by atoms with van der Waals surface area (Å²) in [5, 5.41) is 8.76.